The Morgan fingerprint density at radius 2 is 1.81 bits per heavy atom. The fourth-order valence-corrected chi connectivity index (χ4v) is 2.89. The molecule has 2 rings (SSSR count). The normalized spacial score (nSPS) is 17.6. The molecule has 1 fully saturated rings. The largest absolute Gasteiger partial charge is 0.491 e. The van der Waals surface area contributed by atoms with Crippen LogP contribution in [0.15, 0.2) is 24.3 Å². The summed E-state index contributed by atoms with van der Waals surface area (Å²) >= 11 is 0. The predicted molar refractivity (Wildman–Crippen MR) is 88.8 cm³/mol. The van der Waals surface area contributed by atoms with Gasteiger partial charge in [0.25, 0.3) is 0 Å². The number of rotatable bonds is 6. The number of likely N-dealkylation sites (tertiary alicyclic amines) is 1. The van der Waals surface area contributed by atoms with Gasteiger partial charge in [0.05, 0.1) is 6.10 Å². The van der Waals surface area contributed by atoms with Crippen molar-refractivity contribution in [1.82, 2.24) is 10.2 Å². The molecule has 1 aromatic rings. The molecule has 1 aliphatic rings. The SMILES string of the molecule is CC(C)Oc1ccccc1CNC1CCN(C(C)C)CC1. The van der Waals surface area contributed by atoms with E-state index in [1.54, 1.807) is 0 Å². The minimum Gasteiger partial charge on any atom is -0.491 e. The summed E-state index contributed by atoms with van der Waals surface area (Å²) in [4.78, 5) is 2.56. The Hall–Kier alpha value is -1.06. The molecule has 0 atom stereocenters. The Labute approximate surface area is 129 Å². The lowest BCUT2D eigenvalue weighted by molar-refractivity contribution is 0.160. The smallest absolute Gasteiger partial charge is 0.124 e. The third-order valence-electron chi connectivity index (χ3n) is 4.18. The molecule has 3 nitrogen and oxygen atoms in total. The number of hydrogen-bond acceptors (Lipinski definition) is 3. The van der Waals surface area contributed by atoms with Gasteiger partial charge in [0.1, 0.15) is 5.75 Å². The summed E-state index contributed by atoms with van der Waals surface area (Å²) in [6.07, 6.45) is 2.71. The lowest BCUT2D eigenvalue weighted by Crippen LogP contribution is -2.44. The molecule has 0 spiro atoms. The average molecular weight is 290 g/mol. The molecule has 3 heteroatoms. The first kappa shape index (κ1) is 16.3. The van der Waals surface area contributed by atoms with E-state index in [1.807, 2.05) is 6.07 Å². The molecule has 0 aliphatic carbocycles. The Kier molecular flexibility index (Phi) is 6.07. The lowest BCUT2D eigenvalue weighted by Gasteiger charge is -2.35. The molecule has 0 aromatic heterocycles. The first-order valence-corrected chi connectivity index (χ1v) is 8.28. The maximum atomic E-state index is 5.89. The number of nitrogens with one attached hydrogen (secondary N) is 1. The van der Waals surface area contributed by atoms with Crippen LogP contribution in [0.2, 0.25) is 0 Å². The van der Waals surface area contributed by atoms with Crippen molar-refractivity contribution < 1.29 is 4.74 Å². The second-order valence-corrected chi connectivity index (χ2v) is 6.56. The molecule has 0 saturated carbocycles. The van der Waals surface area contributed by atoms with Gasteiger partial charge < -0.3 is 15.0 Å². The zero-order valence-electron chi connectivity index (χ0n) is 13.9. The van der Waals surface area contributed by atoms with Crippen molar-refractivity contribution in [2.45, 2.75) is 65.3 Å². The van der Waals surface area contributed by atoms with Gasteiger partial charge >= 0.3 is 0 Å². The van der Waals surface area contributed by atoms with Crippen LogP contribution in [0.5, 0.6) is 5.75 Å². The van der Waals surface area contributed by atoms with Crippen LogP contribution < -0.4 is 10.1 Å². The number of hydrogen-bond donors (Lipinski definition) is 1. The summed E-state index contributed by atoms with van der Waals surface area (Å²) in [5.74, 6) is 1.01. The molecule has 0 unspecified atom stereocenters. The number of ether oxygens (including phenoxy) is 1. The molecule has 0 radical (unpaired) electrons. The zero-order chi connectivity index (χ0) is 15.2. The molecule has 0 bridgehead atoms. The number of nitrogens with zero attached hydrogens (tertiary/aromatic N) is 1. The summed E-state index contributed by atoms with van der Waals surface area (Å²) in [5.41, 5.74) is 1.26. The summed E-state index contributed by atoms with van der Waals surface area (Å²) in [7, 11) is 0. The van der Waals surface area contributed by atoms with Crippen LogP contribution in [0.4, 0.5) is 0 Å². The monoisotopic (exact) mass is 290 g/mol. The minimum atomic E-state index is 0.223. The van der Waals surface area contributed by atoms with Gasteiger partial charge in [-0.2, -0.15) is 0 Å². The Balaban J connectivity index is 1.84. The van der Waals surface area contributed by atoms with E-state index in [4.69, 9.17) is 4.74 Å². The van der Waals surface area contributed by atoms with Gasteiger partial charge in [-0.15, -0.1) is 0 Å². The van der Waals surface area contributed by atoms with Crippen LogP contribution in [0.1, 0.15) is 46.1 Å². The van der Waals surface area contributed by atoms with Crippen LogP contribution in [0, 0.1) is 0 Å². The van der Waals surface area contributed by atoms with Crippen molar-refractivity contribution in [3.05, 3.63) is 29.8 Å². The molecule has 1 saturated heterocycles. The highest BCUT2D eigenvalue weighted by atomic mass is 16.5. The molecule has 1 aliphatic heterocycles. The Morgan fingerprint density at radius 1 is 1.14 bits per heavy atom. The van der Waals surface area contributed by atoms with Crippen LogP contribution >= 0.6 is 0 Å². The zero-order valence-corrected chi connectivity index (χ0v) is 13.9. The van der Waals surface area contributed by atoms with E-state index < -0.39 is 0 Å². The summed E-state index contributed by atoms with van der Waals surface area (Å²) < 4.78 is 5.89. The summed E-state index contributed by atoms with van der Waals surface area (Å²) in [6, 6.07) is 9.67. The van der Waals surface area contributed by atoms with Crippen molar-refractivity contribution in [2.75, 3.05) is 13.1 Å². The van der Waals surface area contributed by atoms with Gasteiger partial charge in [-0.25, -0.2) is 0 Å². The first-order chi connectivity index (χ1) is 10.1. The highest BCUT2D eigenvalue weighted by Crippen LogP contribution is 2.20. The number of piperidine rings is 1. The maximum absolute atomic E-state index is 5.89. The predicted octanol–water partition coefficient (Wildman–Crippen LogP) is 3.44. The van der Waals surface area contributed by atoms with Gasteiger partial charge in [-0.1, -0.05) is 18.2 Å². The third kappa shape index (κ3) is 5.01. The van der Waals surface area contributed by atoms with E-state index in [9.17, 15) is 0 Å². The molecule has 1 N–H and O–H groups in total. The van der Waals surface area contributed by atoms with Crippen LogP contribution in [-0.4, -0.2) is 36.2 Å². The average Bonchev–Trinajstić information content (AvgIpc) is 2.46. The molecule has 0 amide bonds. The van der Waals surface area contributed by atoms with E-state index in [2.05, 4.69) is 56.1 Å². The Morgan fingerprint density at radius 3 is 2.43 bits per heavy atom. The van der Waals surface area contributed by atoms with Crippen molar-refractivity contribution in [3.8, 4) is 5.75 Å². The topological polar surface area (TPSA) is 24.5 Å². The molecular formula is C18H30N2O. The quantitative estimate of drug-likeness (QED) is 0.868. The van der Waals surface area contributed by atoms with Gasteiger partial charge in [-0.3, -0.25) is 0 Å². The minimum absolute atomic E-state index is 0.223. The van der Waals surface area contributed by atoms with Gasteiger partial charge in [0, 0.05) is 24.2 Å². The van der Waals surface area contributed by atoms with Crippen molar-refractivity contribution in [1.29, 1.82) is 0 Å². The van der Waals surface area contributed by atoms with E-state index in [1.165, 1.54) is 31.5 Å². The second-order valence-electron chi connectivity index (χ2n) is 6.56. The fraction of sp³-hybridized carbons (Fsp3) is 0.667. The number of para-hydroxylation sites is 1. The van der Waals surface area contributed by atoms with E-state index in [0.29, 0.717) is 12.1 Å². The summed E-state index contributed by atoms with van der Waals surface area (Å²) in [5, 5.41) is 3.70. The molecule has 1 aromatic carbocycles. The second kappa shape index (κ2) is 7.81. The van der Waals surface area contributed by atoms with Gasteiger partial charge in [-0.05, 0) is 59.7 Å². The van der Waals surface area contributed by atoms with Crippen molar-refractivity contribution in [2.24, 2.45) is 0 Å². The number of benzene rings is 1. The van der Waals surface area contributed by atoms with Crippen LogP contribution in [0.3, 0.4) is 0 Å². The standard InChI is InChI=1S/C18H30N2O/c1-14(2)20-11-9-17(10-12-20)19-13-16-7-5-6-8-18(16)21-15(3)4/h5-8,14-15,17,19H,9-13H2,1-4H3. The van der Waals surface area contributed by atoms with Crippen molar-refractivity contribution in [3.63, 3.8) is 0 Å². The van der Waals surface area contributed by atoms with Gasteiger partial charge in [0.2, 0.25) is 0 Å². The van der Waals surface area contributed by atoms with Crippen LogP contribution in [0.25, 0.3) is 0 Å². The highest BCUT2D eigenvalue weighted by Gasteiger charge is 2.20. The van der Waals surface area contributed by atoms with E-state index in [-0.39, 0.29) is 6.10 Å². The fourth-order valence-electron chi connectivity index (χ4n) is 2.89. The molecular weight excluding hydrogens is 260 g/mol. The maximum Gasteiger partial charge on any atom is 0.124 e. The molecule has 1 heterocycles. The summed E-state index contributed by atoms with van der Waals surface area (Å²) in [6.45, 7) is 12.0. The first-order valence-electron chi connectivity index (χ1n) is 8.28. The van der Waals surface area contributed by atoms with E-state index >= 15 is 0 Å². The van der Waals surface area contributed by atoms with E-state index in [0.717, 1.165) is 12.3 Å². The van der Waals surface area contributed by atoms with Crippen LogP contribution in [-0.2, 0) is 6.54 Å². The highest BCUT2D eigenvalue weighted by molar-refractivity contribution is 5.33. The van der Waals surface area contributed by atoms with Crippen molar-refractivity contribution >= 4 is 0 Å². The molecule has 21 heavy (non-hydrogen) atoms. The molecule has 118 valence electrons. The Bertz CT molecular complexity index is 423. The third-order valence-corrected chi connectivity index (χ3v) is 4.18. The lowest BCUT2D eigenvalue weighted by atomic mass is 10.0. The van der Waals surface area contributed by atoms with Gasteiger partial charge in [0.15, 0.2) is 0 Å².